The maximum Gasteiger partial charge on any atom is 0.280 e. The van der Waals surface area contributed by atoms with E-state index in [1.165, 1.54) is 0 Å². The van der Waals surface area contributed by atoms with Gasteiger partial charge in [0, 0.05) is 5.39 Å². The van der Waals surface area contributed by atoms with Gasteiger partial charge in [0.25, 0.3) is 6.43 Å². The Morgan fingerprint density at radius 2 is 2.07 bits per heavy atom. The van der Waals surface area contributed by atoms with Crippen molar-refractivity contribution in [1.29, 1.82) is 0 Å². The summed E-state index contributed by atoms with van der Waals surface area (Å²) in [5, 5.41) is 5.74. The number of hydrogen-bond donors (Lipinski definition) is 1. The lowest BCUT2D eigenvalue weighted by atomic mass is 10.2. The molecule has 6 heteroatoms. The van der Waals surface area contributed by atoms with Gasteiger partial charge in [-0.3, -0.25) is 5.10 Å². The van der Waals surface area contributed by atoms with Crippen LogP contribution in [0.2, 0.25) is 5.02 Å². The predicted molar refractivity (Wildman–Crippen MR) is 46.0 cm³/mol. The number of aromatic nitrogens is 2. The Balaban J connectivity index is 2.78. The maximum absolute atomic E-state index is 12.8. The zero-order valence-electron chi connectivity index (χ0n) is 6.69. The summed E-state index contributed by atoms with van der Waals surface area (Å²) in [5.41, 5.74) is -0.259. The summed E-state index contributed by atoms with van der Waals surface area (Å²) in [5.74, 6) is -0.661. The van der Waals surface area contributed by atoms with Gasteiger partial charge in [-0.1, -0.05) is 11.6 Å². The van der Waals surface area contributed by atoms with Crippen molar-refractivity contribution in [3.63, 3.8) is 0 Å². The molecule has 74 valence electrons. The fourth-order valence-corrected chi connectivity index (χ4v) is 1.48. The third-order valence-corrected chi connectivity index (χ3v) is 2.11. The third-order valence-electron chi connectivity index (χ3n) is 1.82. The SMILES string of the molecule is Fc1cc(Cl)c2n[nH]c(C(F)F)c2c1. The fourth-order valence-electron chi connectivity index (χ4n) is 1.23. The first-order valence-corrected chi connectivity index (χ1v) is 4.08. The molecule has 0 saturated carbocycles. The number of benzene rings is 1. The summed E-state index contributed by atoms with van der Waals surface area (Å²) >= 11 is 5.61. The highest BCUT2D eigenvalue weighted by Crippen LogP contribution is 2.30. The lowest BCUT2D eigenvalue weighted by Gasteiger charge is -1.96. The van der Waals surface area contributed by atoms with E-state index in [9.17, 15) is 13.2 Å². The number of hydrogen-bond acceptors (Lipinski definition) is 1. The number of aromatic amines is 1. The van der Waals surface area contributed by atoms with Crippen molar-refractivity contribution < 1.29 is 13.2 Å². The molecule has 2 aromatic rings. The maximum atomic E-state index is 12.8. The third kappa shape index (κ3) is 1.33. The van der Waals surface area contributed by atoms with E-state index in [4.69, 9.17) is 11.6 Å². The van der Waals surface area contributed by atoms with Crippen LogP contribution in [-0.2, 0) is 0 Å². The smallest absolute Gasteiger partial charge is 0.275 e. The van der Waals surface area contributed by atoms with Crippen LogP contribution in [0.5, 0.6) is 0 Å². The van der Waals surface area contributed by atoms with Crippen molar-refractivity contribution in [2.75, 3.05) is 0 Å². The molecule has 0 atom stereocenters. The van der Waals surface area contributed by atoms with Crippen LogP contribution < -0.4 is 0 Å². The first-order valence-electron chi connectivity index (χ1n) is 3.70. The van der Waals surface area contributed by atoms with Gasteiger partial charge in [-0.25, -0.2) is 13.2 Å². The monoisotopic (exact) mass is 220 g/mol. The number of rotatable bonds is 1. The Labute approximate surface area is 81.7 Å². The van der Waals surface area contributed by atoms with Gasteiger partial charge in [0.1, 0.15) is 17.0 Å². The first-order chi connectivity index (χ1) is 6.59. The zero-order valence-corrected chi connectivity index (χ0v) is 7.45. The molecule has 0 radical (unpaired) electrons. The number of fused-ring (bicyclic) bond motifs is 1. The van der Waals surface area contributed by atoms with E-state index in [-0.39, 0.29) is 15.9 Å². The molecule has 2 nitrogen and oxygen atoms in total. The van der Waals surface area contributed by atoms with Crippen LogP contribution in [0.25, 0.3) is 10.9 Å². The summed E-state index contributed by atoms with van der Waals surface area (Å²) in [7, 11) is 0. The quantitative estimate of drug-likeness (QED) is 0.785. The topological polar surface area (TPSA) is 28.7 Å². The van der Waals surface area contributed by atoms with Crippen molar-refractivity contribution in [1.82, 2.24) is 10.2 Å². The van der Waals surface area contributed by atoms with Gasteiger partial charge in [-0.15, -0.1) is 0 Å². The number of halogens is 4. The highest BCUT2D eigenvalue weighted by atomic mass is 35.5. The Kier molecular flexibility index (Phi) is 2.11. The van der Waals surface area contributed by atoms with E-state index in [2.05, 4.69) is 10.2 Å². The Morgan fingerprint density at radius 1 is 1.36 bits per heavy atom. The molecule has 1 aromatic heterocycles. The molecule has 0 spiro atoms. The van der Waals surface area contributed by atoms with Crippen molar-refractivity contribution in [2.24, 2.45) is 0 Å². The number of nitrogens with one attached hydrogen (secondary N) is 1. The van der Waals surface area contributed by atoms with Gasteiger partial charge >= 0.3 is 0 Å². The van der Waals surface area contributed by atoms with Gasteiger partial charge in [-0.2, -0.15) is 5.10 Å². The number of nitrogens with zero attached hydrogens (tertiary/aromatic N) is 1. The van der Waals surface area contributed by atoms with Crippen LogP contribution in [0.1, 0.15) is 12.1 Å². The van der Waals surface area contributed by atoms with Gasteiger partial charge in [-0.05, 0) is 12.1 Å². The first kappa shape index (κ1) is 9.33. The van der Waals surface area contributed by atoms with Crippen LogP contribution in [0, 0.1) is 5.82 Å². The van der Waals surface area contributed by atoms with Crippen LogP contribution in [-0.4, -0.2) is 10.2 Å². The van der Waals surface area contributed by atoms with Crippen LogP contribution >= 0.6 is 11.6 Å². The minimum Gasteiger partial charge on any atom is -0.275 e. The summed E-state index contributed by atoms with van der Waals surface area (Å²) < 4.78 is 37.6. The van der Waals surface area contributed by atoms with Crippen LogP contribution in [0.4, 0.5) is 13.2 Å². The van der Waals surface area contributed by atoms with Gasteiger partial charge in [0.15, 0.2) is 0 Å². The molecule has 0 amide bonds. The second-order valence-electron chi connectivity index (χ2n) is 2.72. The number of H-pyrrole nitrogens is 1. The van der Waals surface area contributed by atoms with E-state index in [0.717, 1.165) is 12.1 Å². The molecule has 14 heavy (non-hydrogen) atoms. The Bertz CT molecular complexity index is 481. The molecule has 1 N–H and O–H groups in total. The van der Waals surface area contributed by atoms with Crippen LogP contribution in [0.3, 0.4) is 0 Å². The minimum absolute atomic E-state index is 0.0168. The van der Waals surface area contributed by atoms with E-state index in [0.29, 0.717) is 0 Å². The molecule has 0 unspecified atom stereocenters. The second kappa shape index (κ2) is 3.16. The molecule has 0 aliphatic carbocycles. The average Bonchev–Trinajstić information content (AvgIpc) is 2.47. The van der Waals surface area contributed by atoms with Crippen molar-refractivity contribution in [3.05, 3.63) is 28.7 Å². The molecular weight excluding hydrogens is 217 g/mol. The molecular formula is C8H4ClF3N2. The molecule has 0 saturated heterocycles. The summed E-state index contributed by atoms with van der Waals surface area (Å²) in [6, 6.07) is 2.01. The highest BCUT2D eigenvalue weighted by Gasteiger charge is 2.17. The van der Waals surface area contributed by atoms with Gasteiger partial charge in [0.2, 0.25) is 0 Å². The van der Waals surface area contributed by atoms with E-state index >= 15 is 0 Å². The minimum atomic E-state index is -2.72. The van der Waals surface area contributed by atoms with E-state index in [1.807, 2.05) is 0 Å². The van der Waals surface area contributed by atoms with Crippen molar-refractivity contribution in [3.8, 4) is 0 Å². The van der Waals surface area contributed by atoms with Crippen LogP contribution in [0.15, 0.2) is 12.1 Å². The highest BCUT2D eigenvalue weighted by molar-refractivity contribution is 6.35. The molecule has 0 bridgehead atoms. The molecule has 0 aliphatic heterocycles. The normalized spacial score (nSPS) is 11.5. The summed E-state index contributed by atoms with van der Waals surface area (Å²) in [4.78, 5) is 0. The second-order valence-corrected chi connectivity index (χ2v) is 3.13. The predicted octanol–water partition coefficient (Wildman–Crippen LogP) is 3.29. The molecule has 2 rings (SSSR count). The lowest BCUT2D eigenvalue weighted by Crippen LogP contribution is -1.84. The average molecular weight is 221 g/mol. The van der Waals surface area contributed by atoms with Gasteiger partial charge in [0.05, 0.1) is 5.02 Å². The largest absolute Gasteiger partial charge is 0.280 e. The zero-order chi connectivity index (χ0) is 10.3. The van der Waals surface area contributed by atoms with E-state index < -0.39 is 17.9 Å². The van der Waals surface area contributed by atoms with Crippen molar-refractivity contribution in [2.45, 2.75) is 6.43 Å². The van der Waals surface area contributed by atoms with Gasteiger partial charge < -0.3 is 0 Å². The standard InChI is InChI=1S/C8H4ClF3N2/c9-5-2-3(10)1-4-6(5)13-14-7(4)8(11)12/h1-2,8H,(H,13,14). The molecule has 1 aromatic carbocycles. The molecule has 0 aliphatic rings. The molecule has 1 heterocycles. The van der Waals surface area contributed by atoms with Crippen molar-refractivity contribution >= 4 is 22.5 Å². The molecule has 0 fully saturated rings. The lowest BCUT2D eigenvalue weighted by molar-refractivity contribution is 0.147. The Morgan fingerprint density at radius 3 is 2.71 bits per heavy atom. The van der Waals surface area contributed by atoms with E-state index in [1.54, 1.807) is 0 Å². The summed E-state index contributed by atoms with van der Waals surface area (Å²) in [6.07, 6.45) is -2.72. The Hall–Kier alpha value is -1.23. The number of alkyl halides is 2. The summed E-state index contributed by atoms with van der Waals surface area (Å²) in [6.45, 7) is 0. The fraction of sp³-hybridized carbons (Fsp3) is 0.125.